The van der Waals surface area contributed by atoms with Crippen LogP contribution >= 0.6 is 11.8 Å². The number of ether oxygens (including phenoxy) is 1. The van der Waals surface area contributed by atoms with Crippen molar-refractivity contribution in [2.45, 2.75) is 44.4 Å². The van der Waals surface area contributed by atoms with E-state index in [2.05, 4.69) is 72.4 Å². The van der Waals surface area contributed by atoms with Crippen LogP contribution in [0.25, 0.3) is 11.2 Å². The summed E-state index contributed by atoms with van der Waals surface area (Å²) in [7, 11) is 0. The number of benzene rings is 2. The van der Waals surface area contributed by atoms with E-state index >= 15 is 0 Å². The number of aromatic nitrogens is 4. The molecule has 2 unspecified atom stereocenters. The summed E-state index contributed by atoms with van der Waals surface area (Å²) in [6, 6.07) is 20.6. The molecule has 5 rings (SSSR count). The molecule has 3 heterocycles. The second-order valence-electron chi connectivity index (χ2n) is 9.68. The minimum absolute atomic E-state index is 0.0320. The van der Waals surface area contributed by atoms with Crippen molar-refractivity contribution >= 4 is 34.4 Å². The van der Waals surface area contributed by atoms with Crippen molar-refractivity contribution in [3.63, 3.8) is 0 Å². The summed E-state index contributed by atoms with van der Waals surface area (Å²) in [6.45, 7) is 5.78. The van der Waals surface area contributed by atoms with E-state index in [1.807, 2.05) is 48.4 Å². The molecule has 1 saturated heterocycles. The number of anilines is 2. The molecular formula is C30H37N7OS. The molecule has 2 atom stereocenters. The van der Waals surface area contributed by atoms with Crippen LogP contribution in [0.1, 0.15) is 37.5 Å². The van der Waals surface area contributed by atoms with Gasteiger partial charge in [0, 0.05) is 24.5 Å². The zero-order valence-corrected chi connectivity index (χ0v) is 23.1. The van der Waals surface area contributed by atoms with E-state index in [0.717, 1.165) is 85.2 Å². The summed E-state index contributed by atoms with van der Waals surface area (Å²) < 4.78 is 8.46. The molecular weight excluding hydrogens is 506 g/mol. The van der Waals surface area contributed by atoms with Crippen molar-refractivity contribution in [3.8, 4) is 0 Å². The minimum Gasteiger partial charge on any atom is -0.372 e. The average molecular weight is 544 g/mol. The fourth-order valence-corrected chi connectivity index (χ4v) is 5.74. The number of hydrogen-bond donors (Lipinski definition) is 3. The largest absolute Gasteiger partial charge is 0.372 e. The van der Waals surface area contributed by atoms with Crippen LogP contribution in [-0.2, 0) is 11.2 Å². The zero-order chi connectivity index (χ0) is 26.7. The van der Waals surface area contributed by atoms with Gasteiger partial charge in [0.2, 0.25) is 0 Å². The van der Waals surface area contributed by atoms with Gasteiger partial charge in [0.05, 0.1) is 18.3 Å². The van der Waals surface area contributed by atoms with Crippen LogP contribution in [0.15, 0.2) is 85.7 Å². The maximum atomic E-state index is 6.39. The van der Waals surface area contributed by atoms with Crippen LogP contribution < -0.4 is 16.0 Å². The van der Waals surface area contributed by atoms with Crippen molar-refractivity contribution in [1.82, 2.24) is 24.8 Å². The Bertz CT molecular complexity index is 1310. The molecule has 204 valence electrons. The number of para-hydroxylation sites is 1. The molecule has 0 radical (unpaired) electrons. The molecule has 0 saturated carbocycles. The molecule has 0 bridgehead atoms. The number of hydrogen-bond acceptors (Lipinski definition) is 8. The smallest absolute Gasteiger partial charge is 0.167 e. The number of aryl methyl sites for hydroxylation is 1. The molecule has 8 nitrogen and oxygen atoms in total. The molecule has 0 spiro atoms. The van der Waals surface area contributed by atoms with Gasteiger partial charge >= 0.3 is 0 Å². The normalized spacial score (nSPS) is 16.8. The van der Waals surface area contributed by atoms with E-state index in [9.17, 15) is 0 Å². The van der Waals surface area contributed by atoms with Gasteiger partial charge in [-0.2, -0.15) is 11.8 Å². The Hall–Kier alpha value is -3.56. The fourth-order valence-electron chi connectivity index (χ4n) is 4.72. The van der Waals surface area contributed by atoms with Gasteiger partial charge in [0.1, 0.15) is 12.6 Å². The first kappa shape index (κ1) is 27.0. The zero-order valence-electron chi connectivity index (χ0n) is 22.3. The molecule has 1 fully saturated rings. The maximum Gasteiger partial charge on any atom is 0.167 e. The predicted octanol–water partition coefficient (Wildman–Crippen LogP) is 5.84. The SMILES string of the molecule is C=C(NCCCSCC1CCC(n2cnc3c(NCCCc4ccccc4)ncnc32)O1)Nc1ccccc1. The predicted molar refractivity (Wildman–Crippen MR) is 161 cm³/mol. The molecule has 2 aromatic heterocycles. The number of imidazole rings is 1. The van der Waals surface area contributed by atoms with E-state index in [0.29, 0.717) is 0 Å². The lowest BCUT2D eigenvalue weighted by Crippen LogP contribution is -2.20. The van der Waals surface area contributed by atoms with E-state index in [1.54, 1.807) is 6.33 Å². The number of thioether (sulfide) groups is 1. The summed E-state index contributed by atoms with van der Waals surface area (Å²) in [5.74, 6) is 3.69. The van der Waals surface area contributed by atoms with Crippen LogP contribution in [0.5, 0.6) is 0 Å². The molecule has 9 heteroatoms. The van der Waals surface area contributed by atoms with Gasteiger partial charge in [-0.3, -0.25) is 4.57 Å². The fraction of sp³-hybridized carbons (Fsp3) is 0.367. The highest BCUT2D eigenvalue weighted by atomic mass is 32.2. The second kappa shape index (κ2) is 14.0. The van der Waals surface area contributed by atoms with Crippen LogP contribution in [0.4, 0.5) is 11.5 Å². The topological polar surface area (TPSA) is 88.9 Å². The summed E-state index contributed by atoms with van der Waals surface area (Å²) in [5.41, 5.74) is 4.01. The Balaban J connectivity index is 1.01. The lowest BCUT2D eigenvalue weighted by molar-refractivity contribution is 0.0153. The van der Waals surface area contributed by atoms with Gasteiger partial charge in [0.25, 0.3) is 0 Å². The summed E-state index contributed by atoms with van der Waals surface area (Å²) in [6.07, 6.45) is 8.81. The second-order valence-corrected chi connectivity index (χ2v) is 10.8. The van der Waals surface area contributed by atoms with Crippen molar-refractivity contribution in [2.75, 3.05) is 35.2 Å². The standard InChI is InChI=1S/C30H37N7OS/c1-23(36-25-13-6-3-7-14-25)31-18-9-19-39-20-26-15-16-27(38-26)37-22-35-28-29(33-21-34-30(28)37)32-17-8-12-24-10-4-2-5-11-24/h2-7,10-11,13-14,21-22,26-27,31,36H,1,8-9,12,15-20H2,(H,32,33,34). The van der Waals surface area contributed by atoms with E-state index in [4.69, 9.17) is 4.74 Å². The summed E-state index contributed by atoms with van der Waals surface area (Å²) in [4.78, 5) is 13.6. The van der Waals surface area contributed by atoms with Crippen LogP contribution in [0, 0.1) is 0 Å². The van der Waals surface area contributed by atoms with Crippen molar-refractivity contribution in [3.05, 3.63) is 91.3 Å². The lowest BCUT2D eigenvalue weighted by Gasteiger charge is -2.15. The third kappa shape index (κ3) is 7.74. The first-order valence-corrected chi connectivity index (χ1v) is 14.8. The van der Waals surface area contributed by atoms with Crippen LogP contribution in [-0.4, -0.2) is 50.2 Å². The third-order valence-corrected chi connectivity index (χ3v) is 7.89. The molecule has 4 aromatic rings. The molecule has 0 amide bonds. The molecule has 1 aliphatic rings. The Labute approximate surface area is 234 Å². The Kier molecular flexibility index (Phi) is 9.70. The summed E-state index contributed by atoms with van der Waals surface area (Å²) >= 11 is 1.95. The van der Waals surface area contributed by atoms with Gasteiger partial charge in [-0.25, -0.2) is 15.0 Å². The molecule has 2 aromatic carbocycles. The quantitative estimate of drug-likeness (QED) is 0.161. The van der Waals surface area contributed by atoms with Gasteiger partial charge < -0.3 is 20.7 Å². The Morgan fingerprint density at radius 1 is 0.974 bits per heavy atom. The van der Waals surface area contributed by atoms with Gasteiger partial charge in [-0.1, -0.05) is 55.1 Å². The van der Waals surface area contributed by atoms with Crippen molar-refractivity contribution in [2.24, 2.45) is 0 Å². The number of rotatable bonds is 15. The van der Waals surface area contributed by atoms with Crippen LogP contribution in [0.2, 0.25) is 0 Å². The lowest BCUT2D eigenvalue weighted by atomic mass is 10.1. The monoisotopic (exact) mass is 543 g/mol. The Morgan fingerprint density at radius 2 is 1.79 bits per heavy atom. The minimum atomic E-state index is -0.0320. The third-order valence-electron chi connectivity index (χ3n) is 6.71. The van der Waals surface area contributed by atoms with Crippen molar-refractivity contribution in [1.29, 1.82) is 0 Å². The van der Waals surface area contributed by atoms with E-state index < -0.39 is 0 Å². The molecule has 1 aliphatic heterocycles. The van der Waals surface area contributed by atoms with E-state index in [1.165, 1.54) is 5.56 Å². The highest BCUT2D eigenvalue weighted by molar-refractivity contribution is 7.99. The average Bonchev–Trinajstić information content (AvgIpc) is 3.61. The van der Waals surface area contributed by atoms with Gasteiger partial charge in [0.15, 0.2) is 17.0 Å². The van der Waals surface area contributed by atoms with Gasteiger partial charge in [-0.15, -0.1) is 0 Å². The number of nitrogens with one attached hydrogen (secondary N) is 3. The van der Waals surface area contributed by atoms with Gasteiger partial charge in [-0.05, 0) is 55.6 Å². The summed E-state index contributed by atoms with van der Waals surface area (Å²) in [5, 5.41) is 10.1. The van der Waals surface area contributed by atoms with Crippen LogP contribution in [0.3, 0.4) is 0 Å². The Morgan fingerprint density at radius 3 is 2.64 bits per heavy atom. The van der Waals surface area contributed by atoms with E-state index in [-0.39, 0.29) is 12.3 Å². The molecule has 39 heavy (non-hydrogen) atoms. The first-order chi connectivity index (χ1) is 19.3. The highest BCUT2D eigenvalue weighted by Gasteiger charge is 2.28. The number of nitrogens with zero attached hydrogens (tertiary/aromatic N) is 4. The molecule has 0 aliphatic carbocycles. The van der Waals surface area contributed by atoms with Crippen molar-refractivity contribution < 1.29 is 4.74 Å². The maximum absolute atomic E-state index is 6.39. The highest BCUT2D eigenvalue weighted by Crippen LogP contribution is 2.32. The molecule has 3 N–H and O–H groups in total. The number of fused-ring (bicyclic) bond motifs is 1. The first-order valence-electron chi connectivity index (χ1n) is 13.7.